The lowest BCUT2D eigenvalue weighted by Gasteiger charge is -2.18. The minimum atomic E-state index is -0.403. The highest BCUT2D eigenvalue weighted by atomic mass is 35.5. The number of hydrogen-bond donors (Lipinski definition) is 1. The zero-order valence-corrected chi connectivity index (χ0v) is 14.4. The van der Waals surface area contributed by atoms with E-state index in [4.69, 9.17) is 32.7 Å². The maximum absolute atomic E-state index is 11.7. The monoisotopic (exact) mass is 355 g/mol. The number of halogens is 3. The SMILES string of the molecule is COC(=O)c1cc(C[NH+](CCCl)CCCl)ccc1OC.[Cl-]. The van der Waals surface area contributed by atoms with Crippen LogP contribution in [-0.2, 0) is 11.3 Å². The summed E-state index contributed by atoms with van der Waals surface area (Å²) in [4.78, 5) is 13.0. The molecule has 21 heavy (non-hydrogen) atoms. The van der Waals surface area contributed by atoms with Crippen molar-refractivity contribution in [2.24, 2.45) is 0 Å². The summed E-state index contributed by atoms with van der Waals surface area (Å²) in [5, 5.41) is 0. The van der Waals surface area contributed by atoms with Crippen molar-refractivity contribution in [2.45, 2.75) is 6.54 Å². The van der Waals surface area contributed by atoms with Crippen LogP contribution in [0.1, 0.15) is 15.9 Å². The summed E-state index contributed by atoms with van der Waals surface area (Å²) >= 11 is 11.6. The topological polar surface area (TPSA) is 40.0 Å². The molecule has 120 valence electrons. The molecule has 0 aliphatic rings. The molecule has 0 heterocycles. The summed E-state index contributed by atoms with van der Waals surface area (Å²) in [5.74, 6) is 1.26. The number of ether oxygens (including phenoxy) is 2. The minimum absolute atomic E-state index is 0. The van der Waals surface area contributed by atoms with E-state index in [1.807, 2.05) is 6.07 Å². The van der Waals surface area contributed by atoms with E-state index >= 15 is 0 Å². The zero-order valence-electron chi connectivity index (χ0n) is 12.1. The van der Waals surface area contributed by atoms with E-state index in [0.29, 0.717) is 23.1 Å². The van der Waals surface area contributed by atoms with Crippen LogP contribution in [0.25, 0.3) is 0 Å². The summed E-state index contributed by atoms with van der Waals surface area (Å²) in [5.41, 5.74) is 1.46. The van der Waals surface area contributed by atoms with Gasteiger partial charge in [-0.15, -0.1) is 23.2 Å². The molecule has 0 aliphatic carbocycles. The molecule has 0 unspecified atom stereocenters. The van der Waals surface area contributed by atoms with Gasteiger partial charge in [-0.3, -0.25) is 0 Å². The largest absolute Gasteiger partial charge is 1.00 e. The van der Waals surface area contributed by atoms with Gasteiger partial charge in [-0.05, 0) is 18.2 Å². The first-order valence-corrected chi connectivity index (χ1v) is 7.43. The second kappa shape index (κ2) is 11.0. The molecule has 0 aromatic heterocycles. The van der Waals surface area contributed by atoms with E-state index in [2.05, 4.69) is 0 Å². The third-order valence-corrected chi connectivity index (χ3v) is 3.40. The zero-order chi connectivity index (χ0) is 15.0. The number of nitrogens with one attached hydrogen (secondary N) is 1. The molecule has 0 aliphatic heterocycles. The smallest absolute Gasteiger partial charge is 0.341 e. The first kappa shape index (κ1) is 20.3. The van der Waals surface area contributed by atoms with Gasteiger partial charge in [0.05, 0.1) is 39.1 Å². The van der Waals surface area contributed by atoms with E-state index in [0.717, 1.165) is 25.2 Å². The molecule has 4 nitrogen and oxygen atoms in total. The molecule has 0 bridgehead atoms. The summed E-state index contributed by atoms with van der Waals surface area (Å²) < 4.78 is 9.94. The first-order chi connectivity index (χ1) is 9.65. The number of quaternary nitrogens is 1. The molecule has 0 saturated heterocycles. The highest BCUT2D eigenvalue weighted by Crippen LogP contribution is 2.20. The summed E-state index contributed by atoms with van der Waals surface area (Å²) in [6.07, 6.45) is 0. The maximum Gasteiger partial charge on any atom is 0.341 e. The number of rotatable bonds is 8. The summed E-state index contributed by atoms with van der Waals surface area (Å²) in [6, 6.07) is 5.52. The van der Waals surface area contributed by atoms with Crippen LogP contribution in [0.15, 0.2) is 18.2 Å². The van der Waals surface area contributed by atoms with E-state index in [-0.39, 0.29) is 12.4 Å². The Balaban J connectivity index is 0.00000400. The molecular weight excluding hydrogens is 337 g/mol. The Morgan fingerprint density at radius 1 is 1.19 bits per heavy atom. The molecule has 0 atom stereocenters. The van der Waals surface area contributed by atoms with E-state index in [9.17, 15) is 4.79 Å². The Bertz CT molecular complexity index is 437. The average Bonchev–Trinajstić information content (AvgIpc) is 2.47. The Labute approximate surface area is 141 Å². The van der Waals surface area contributed by atoms with Crippen LogP contribution in [0.5, 0.6) is 5.75 Å². The number of methoxy groups -OCH3 is 2. The van der Waals surface area contributed by atoms with E-state index in [1.165, 1.54) is 19.1 Å². The van der Waals surface area contributed by atoms with Crippen LogP contribution in [0.3, 0.4) is 0 Å². The Morgan fingerprint density at radius 2 is 1.81 bits per heavy atom. The molecule has 1 aromatic carbocycles. The van der Waals surface area contributed by atoms with Crippen LogP contribution in [0.2, 0.25) is 0 Å². The lowest BCUT2D eigenvalue weighted by molar-refractivity contribution is -0.909. The molecule has 0 saturated carbocycles. The van der Waals surface area contributed by atoms with Gasteiger partial charge in [0, 0.05) is 5.56 Å². The summed E-state index contributed by atoms with van der Waals surface area (Å²) in [6.45, 7) is 2.41. The quantitative estimate of drug-likeness (QED) is 0.448. The van der Waals surface area contributed by atoms with Crippen LogP contribution >= 0.6 is 23.2 Å². The Morgan fingerprint density at radius 3 is 2.29 bits per heavy atom. The van der Waals surface area contributed by atoms with Gasteiger partial charge in [-0.1, -0.05) is 0 Å². The van der Waals surface area contributed by atoms with Crippen molar-refractivity contribution in [1.29, 1.82) is 0 Å². The number of hydrogen-bond acceptors (Lipinski definition) is 3. The maximum atomic E-state index is 11.7. The first-order valence-electron chi connectivity index (χ1n) is 6.37. The van der Waals surface area contributed by atoms with Gasteiger partial charge in [0.15, 0.2) is 0 Å². The third-order valence-electron chi connectivity index (χ3n) is 3.02. The second-order valence-electron chi connectivity index (χ2n) is 4.33. The molecule has 0 radical (unpaired) electrons. The number of carbonyl (C=O) groups excluding carboxylic acids is 1. The van der Waals surface area contributed by atoms with Crippen molar-refractivity contribution in [3.63, 3.8) is 0 Å². The Kier molecular flexibility index (Phi) is 10.6. The molecular formula is C14H20Cl3NO3. The fourth-order valence-electron chi connectivity index (χ4n) is 1.99. The third kappa shape index (κ3) is 6.30. The fraction of sp³-hybridized carbons (Fsp3) is 0.500. The van der Waals surface area contributed by atoms with Gasteiger partial charge in [0.1, 0.15) is 17.9 Å². The highest BCUT2D eigenvalue weighted by molar-refractivity contribution is 6.18. The average molecular weight is 357 g/mol. The molecule has 7 heteroatoms. The molecule has 1 N–H and O–H groups in total. The van der Waals surface area contributed by atoms with Crippen LogP contribution in [0, 0.1) is 0 Å². The van der Waals surface area contributed by atoms with E-state index in [1.54, 1.807) is 12.1 Å². The standard InChI is InChI=1S/C14H19Cl2NO3.ClH/c1-19-13-4-3-11(9-12(13)14(18)20-2)10-17(7-5-15)8-6-16;/h3-4,9H,5-8,10H2,1-2H3;1H. The second-order valence-corrected chi connectivity index (χ2v) is 5.09. The lowest BCUT2D eigenvalue weighted by Crippen LogP contribution is -3.11. The van der Waals surface area contributed by atoms with Crippen molar-refractivity contribution < 1.29 is 31.6 Å². The number of esters is 1. The molecule has 0 amide bonds. The predicted molar refractivity (Wildman–Crippen MR) is 80.2 cm³/mol. The minimum Gasteiger partial charge on any atom is -1.00 e. The van der Waals surface area contributed by atoms with Gasteiger partial charge < -0.3 is 26.8 Å². The fourth-order valence-corrected chi connectivity index (χ4v) is 2.53. The van der Waals surface area contributed by atoms with Gasteiger partial charge in [-0.2, -0.15) is 0 Å². The van der Waals surface area contributed by atoms with Gasteiger partial charge in [0.25, 0.3) is 0 Å². The van der Waals surface area contributed by atoms with Crippen molar-refractivity contribution in [1.82, 2.24) is 0 Å². The van der Waals surface area contributed by atoms with Crippen molar-refractivity contribution in [2.75, 3.05) is 39.1 Å². The molecule has 1 rings (SSSR count). The Hall–Kier alpha value is -0.680. The van der Waals surface area contributed by atoms with Crippen molar-refractivity contribution in [3.05, 3.63) is 29.3 Å². The highest BCUT2D eigenvalue weighted by Gasteiger charge is 2.15. The van der Waals surface area contributed by atoms with Crippen LogP contribution in [-0.4, -0.2) is 45.0 Å². The van der Waals surface area contributed by atoms with Crippen LogP contribution in [0.4, 0.5) is 0 Å². The van der Waals surface area contributed by atoms with Gasteiger partial charge >= 0.3 is 5.97 Å². The number of benzene rings is 1. The lowest BCUT2D eigenvalue weighted by atomic mass is 10.1. The van der Waals surface area contributed by atoms with Gasteiger partial charge in [-0.25, -0.2) is 4.79 Å². The number of alkyl halides is 2. The van der Waals surface area contributed by atoms with Crippen LogP contribution < -0.4 is 22.0 Å². The normalized spacial score (nSPS) is 10.1. The predicted octanol–water partition coefficient (Wildman–Crippen LogP) is -1.65. The van der Waals surface area contributed by atoms with Gasteiger partial charge in [0.2, 0.25) is 0 Å². The van der Waals surface area contributed by atoms with Crippen molar-refractivity contribution in [3.8, 4) is 5.75 Å². The van der Waals surface area contributed by atoms with Crippen molar-refractivity contribution >= 4 is 29.2 Å². The molecule has 0 spiro atoms. The molecule has 1 aromatic rings. The van der Waals surface area contributed by atoms with E-state index < -0.39 is 5.97 Å². The number of carbonyl (C=O) groups is 1. The molecule has 0 fully saturated rings. The summed E-state index contributed by atoms with van der Waals surface area (Å²) in [7, 11) is 2.88.